The van der Waals surface area contributed by atoms with Crippen molar-refractivity contribution >= 4 is 32.4 Å². The molecule has 1 aliphatic rings. The molecule has 11 heteroatoms. The first-order chi connectivity index (χ1) is 16.0. The zero-order valence-corrected chi connectivity index (χ0v) is 20.8. The predicted octanol–water partition coefficient (Wildman–Crippen LogP) is 3.21. The summed E-state index contributed by atoms with van der Waals surface area (Å²) in [7, 11) is -3.97. The highest BCUT2D eigenvalue weighted by molar-refractivity contribution is 7.89. The first-order valence-corrected chi connectivity index (χ1v) is 13.0. The van der Waals surface area contributed by atoms with Gasteiger partial charge in [0.2, 0.25) is 15.2 Å². The third kappa shape index (κ3) is 4.83. The summed E-state index contributed by atoms with van der Waals surface area (Å²) < 4.78 is 34.9. The molecule has 0 spiro atoms. The van der Waals surface area contributed by atoms with Crippen LogP contribution in [-0.4, -0.2) is 41.3 Å². The number of sulfonamides is 1. The van der Waals surface area contributed by atoms with Crippen molar-refractivity contribution in [3.05, 3.63) is 64.2 Å². The summed E-state index contributed by atoms with van der Waals surface area (Å²) >= 11 is 1.24. The van der Waals surface area contributed by atoms with Gasteiger partial charge in [0.15, 0.2) is 0 Å². The average molecular weight is 503 g/mol. The number of fused-ring (bicyclic) bond motifs is 1. The maximum Gasteiger partial charge on any atom is 0.257 e. The van der Waals surface area contributed by atoms with Crippen molar-refractivity contribution < 1.29 is 23.1 Å². The number of aryl methyl sites for hydroxylation is 2. The van der Waals surface area contributed by atoms with Crippen LogP contribution in [0.3, 0.4) is 0 Å². The van der Waals surface area contributed by atoms with Crippen LogP contribution >= 0.6 is 11.3 Å². The van der Waals surface area contributed by atoms with Crippen molar-refractivity contribution in [2.24, 2.45) is 0 Å². The van der Waals surface area contributed by atoms with Gasteiger partial charge in [-0.2, -0.15) is 0 Å². The van der Waals surface area contributed by atoms with Gasteiger partial charge in [-0.05, 0) is 63.1 Å². The lowest BCUT2D eigenvalue weighted by atomic mass is 9.86. The lowest BCUT2D eigenvalue weighted by Gasteiger charge is -2.42. The number of carbonyl (C=O) groups is 1. The van der Waals surface area contributed by atoms with Gasteiger partial charge in [-0.1, -0.05) is 30.4 Å². The summed E-state index contributed by atoms with van der Waals surface area (Å²) in [6.07, 6.45) is -0.427. The van der Waals surface area contributed by atoms with Gasteiger partial charge < -0.3 is 9.84 Å². The van der Waals surface area contributed by atoms with E-state index >= 15 is 0 Å². The van der Waals surface area contributed by atoms with E-state index in [9.17, 15) is 18.3 Å². The number of rotatable bonds is 6. The Hall–Kier alpha value is -2.86. The second kappa shape index (κ2) is 9.06. The molecule has 2 heterocycles. The molecule has 1 amide bonds. The molecule has 2 atom stereocenters. The van der Waals surface area contributed by atoms with Gasteiger partial charge >= 0.3 is 0 Å². The molecule has 1 aliphatic heterocycles. The molecule has 0 fully saturated rings. The zero-order valence-electron chi connectivity index (χ0n) is 19.2. The van der Waals surface area contributed by atoms with Gasteiger partial charge in [-0.3, -0.25) is 10.1 Å². The van der Waals surface area contributed by atoms with Crippen molar-refractivity contribution in [1.82, 2.24) is 14.9 Å². The number of amides is 1. The van der Waals surface area contributed by atoms with Crippen LogP contribution in [0.4, 0.5) is 5.13 Å². The molecule has 1 aromatic heterocycles. The van der Waals surface area contributed by atoms with Crippen molar-refractivity contribution in [1.29, 1.82) is 0 Å². The van der Waals surface area contributed by atoms with E-state index in [1.165, 1.54) is 29.5 Å². The highest BCUT2D eigenvalue weighted by Gasteiger charge is 2.44. The molecule has 0 saturated heterocycles. The molecule has 0 aliphatic carbocycles. The maximum atomic E-state index is 13.2. The Bertz CT molecular complexity index is 1320. The number of nitrogens with one attached hydrogen (secondary N) is 2. The largest absolute Gasteiger partial charge is 0.485 e. The number of hydrogen-bond donors (Lipinski definition) is 3. The fraction of sp³-hybridized carbons (Fsp3) is 0.348. The smallest absolute Gasteiger partial charge is 0.257 e. The molecular formula is C23H26N4O5S2. The molecule has 0 unspecified atom stereocenters. The first kappa shape index (κ1) is 24.3. The van der Waals surface area contributed by atoms with Crippen molar-refractivity contribution in [3.63, 3.8) is 0 Å². The number of nitrogens with zero attached hydrogens (tertiary/aromatic N) is 2. The highest BCUT2D eigenvalue weighted by Crippen LogP contribution is 2.41. The standard InChI is InChI=1S/C23H26N4O5S2/c1-5-14-6-9-16(10-7-14)34(30,31)27-19-17-12-15(21(29)24-22-26-25-13(2)33-22)8-11-18(17)32-23(3,4)20(19)28/h6-12,19-20,27-28H,5H2,1-4H3,(H,24,26,29)/t19-,20+/m1/s1. The van der Waals surface area contributed by atoms with Gasteiger partial charge in [-0.15, -0.1) is 10.2 Å². The highest BCUT2D eigenvalue weighted by atomic mass is 32.2. The van der Waals surface area contributed by atoms with Crippen LogP contribution in [0, 0.1) is 6.92 Å². The van der Waals surface area contributed by atoms with Gasteiger partial charge in [0.1, 0.15) is 22.5 Å². The first-order valence-electron chi connectivity index (χ1n) is 10.7. The molecule has 180 valence electrons. The summed E-state index contributed by atoms with van der Waals surface area (Å²) in [5, 5.41) is 22.5. The van der Waals surface area contributed by atoms with Crippen LogP contribution in [0.25, 0.3) is 0 Å². The molecule has 0 bridgehead atoms. The quantitative estimate of drug-likeness (QED) is 0.472. The van der Waals surface area contributed by atoms with Crippen LogP contribution in [0.5, 0.6) is 5.75 Å². The molecule has 9 nitrogen and oxygen atoms in total. The van der Waals surface area contributed by atoms with E-state index in [0.717, 1.165) is 12.0 Å². The number of carbonyl (C=O) groups excluding carboxylic acids is 1. The van der Waals surface area contributed by atoms with Gasteiger partial charge in [0.05, 0.1) is 10.9 Å². The molecular weight excluding hydrogens is 476 g/mol. The maximum absolute atomic E-state index is 13.2. The van der Waals surface area contributed by atoms with E-state index in [-0.39, 0.29) is 10.5 Å². The number of aromatic nitrogens is 2. The SMILES string of the molecule is CCc1ccc(S(=O)(=O)N[C@@H]2c3cc(C(=O)Nc4nnc(C)s4)ccc3OC(C)(C)[C@H]2O)cc1. The third-order valence-corrected chi connectivity index (χ3v) is 7.89. The van der Waals surface area contributed by atoms with Crippen LogP contribution < -0.4 is 14.8 Å². The van der Waals surface area contributed by atoms with Crippen LogP contribution in [-0.2, 0) is 16.4 Å². The van der Waals surface area contributed by atoms with Crippen molar-refractivity contribution in [2.75, 3.05) is 5.32 Å². The number of aliphatic hydroxyl groups excluding tert-OH is 1. The minimum Gasteiger partial charge on any atom is -0.485 e. The van der Waals surface area contributed by atoms with E-state index in [0.29, 0.717) is 21.5 Å². The summed E-state index contributed by atoms with van der Waals surface area (Å²) in [6, 6.07) is 10.2. The molecule has 2 aromatic carbocycles. The second-order valence-electron chi connectivity index (χ2n) is 8.58. The molecule has 4 rings (SSSR count). The van der Waals surface area contributed by atoms with Crippen LogP contribution in [0.15, 0.2) is 47.4 Å². The van der Waals surface area contributed by atoms with Crippen LogP contribution in [0.2, 0.25) is 0 Å². The van der Waals surface area contributed by atoms with E-state index in [2.05, 4.69) is 20.2 Å². The molecule has 0 saturated carbocycles. The minimum absolute atomic E-state index is 0.0864. The fourth-order valence-electron chi connectivity index (χ4n) is 3.72. The van der Waals surface area contributed by atoms with E-state index in [1.807, 2.05) is 6.92 Å². The van der Waals surface area contributed by atoms with Crippen molar-refractivity contribution in [2.45, 2.75) is 56.8 Å². The third-order valence-electron chi connectivity index (χ3n) is 5.68. The predicted molar refractivity (Wildman–Crippen MR) is 129 cm³/mol. The fourth-order valence-corrected chi connectivity index (χ4v) is 5.53. The number of anilines is 1. The summed E-state index contributed by atoms with van der Waals surface area (Å²) in [4.78, 5) is 12.9. The van der Waals surface area contributed by atoms with Gasteiger partial charge in [-0.25, -0.2) is 13.1 Å². The van der Waals surface area contributed by atoms with Crippen molar-refractivity contribution in [3.8, 4) is 5.75 Å². The lowest BCUT2D eigenvalue weighted by Crippen LogP contribution is -2.53. The molecule has 3 aromatic rings. The average Bonchev–Trinajstić information content (AvgIpc) is 3.20. The summed E-state index contributed by atoms with van der Waals surface area (Å²) in [5.41, 5.74) is 0.568. The monoisotopic (exact) mass is 502 g/mol. The van der Waals surface area contributed by atoms with E-state index < -0.39 is 33.7 Å². The Kier molecular flexibility index (Phi) is 6.47. The summed E-state index contributed by atoms with van der Waals surface area (Å²) in [6.45, 7) is 7.12. The molecule has 34 heavy (non-hydrogen) atoms. The number of aliphatic hydroxyl groups is 1. The van der Waals surface area contributed by atoms with E-state index in [1.54, 1.807) is 45.0 Å². The zero-order chi connectivity index (χ0) is 24.7. The van der Waals surface area contributed by atoms with Gasteiger partial charge in [0.25, 0.3) is 5.91 Å². The lowest BCUT2D eigenvalue weighted by molar-refractivity contribution is -0.0603. The number of benzene rings is 2. The minimum atomic E-state index is -3.97. The molecule has 3 N–H and O–H groups in total. The number of hydrogen-bond acceptors (Lipinski definition) is 8. The number of ether oxygens (including phenoxy) is 1. The topological polar surface area (TPSA) is 131 Å². The van der Waals surface area contributed by atoms with E-state index in [4.69, 9.17) is 4.74 Å². The Morgan fingerprint density at radius 2 is 1.88 bits per heavy atom. The summed E-state index contributed by atoms with van der Waals surface area (Å²) in [5.74, 6) is -0.0531. The Balaban J connectivity index is 1.68. The Labute approximate surface area is 202 Å². The van der Waals surface area contributed by atoms with Gasteiger partial charge in [0, 0.05) is 11.1 Å². The Morgan fingerprint density at radius 1 is 1.18 bits per heavy atom. The second-order valence-corrected chi connectivity index (χ2v) is 11.5. The molecule has 0 radical (unpaired) electrons. The Morgan fingerprint density at radius 3 is 2.50 bits per heavy atom. The normalized spacial score (nSPS) is 19.2. The van der Waals surface area contributed by atoms with Crippen LogP contribution in [0.1, 0.15) is 53.3 Å².